The molecular formula is C18H14Mg. The van der Waals surface area contributed by atoms with Gasteiger partial charge in [0.25, 0.3) is 0 Å². The van der Waals surface area contributed by atoms with E-state index in [0.717, 1.165) is 0 Å². The first-order valence-corrected chi connectivity index (χ1v) is 6.14. The molecule has 0 heterocycles. The number of fused-ring (bicyclic) bond motifs is 2. The summed E-state index contributed by atoms with van der Waals surface area (Å²) in [4.78, 5) is 0. The van der Waals surface area contributed by atoms with Crippen LogP contribution >= 0.6 is 0 Å². The summed E-state index contributed by atoms with van der Waals surface area (Å²) in [5, 5.41) is 0. The van der Waals surface area contributed by atoms with E-state index in [2.05, 4.69) is 84.9 Å². The Bertz CT molecular complexity index is 545. The van der Waals surface area contributed by atoms with Crippen LogP contribution in [-0.2, 0) is 0 Å². The average molecular weight is 255 g/mol. The second-order valence-electron chi connectivity index (χ2n) is 4.31. The van der Waals surface area contributed by atoms with Crippen molar-refractivity contribution in [1.29, 1.82) is 0 Å². The molecule has 0 aliphatic heterocycles. The normalized spacial score (nSPS) is 9.68. The maximum atomic E-state index is 2.12. The second kappa shape index (κ2) is 6.55. The molecule has 0 saturated carbocycles. The average Bonchev–Trinajstić information content (AvgIpc) is 3.08. The van der Waals surface area contributed by atoms with E-state index in [0.29, 0.717) is 0 Å². The van der Waals surface area contributed by atoms with Crippen LogP contribution in [0.3, 0.4) is 0 Å². The van der Waals surface area contributed by atoms with Crippen LogP contribution in [0.25, 0.3) is 22.3 Å². The Kier molecular flexibility index (Phi) is 4.78. The molecule has 88 valence electrons. The van der Waals surface area contributed by atoms with E-state index >= 15 is 0 Å². The Morgan fingerprint density at radius 3 is 1.37 bits per heavy atom. The number of benzene rings is 2. The van der Waals surface area contributed by atoms with E-state index in [1.807, 2.05) is 0 Å². The van der Waals surface area contributed by atoms with Gasteiger partial charge in [-0.15, -0.1) is 34.4 Å². The van der Waals surface area contributed by atoms with Crippen LogP contribution in [-0.4, -0.2) is 23.1 Å². The van der Waals surface area contributed by atoms with E-state index in [-0.39, 0.29) is 23.1 Å². The predicted molar refractivity (Wildman–Crippen MR) is 83.1 cm³/mol. The first kappa shape index (κ1) is 13.8. The van der Waals surface area contributed by atoms with Crippen molar-refractivity contribution < 1.29 is 0 Å². The largest absolute Gasteiger partial charge is 2.00 e. The molecule has 0 unspecified atom stereocenters. The van der Waals surface area contributed by atoms with Crippen LogP contribution in [0.5, 0.6) is 0 Å². The molecule has 4 rings (SSSR count). The van der Waals surface area contributed by atoms with E-state index in [1.165, 1.54) is 22.3 Å². The van der Waals surface area contributed by atoms with Crippen molar-refractivity contribution in [3.05, 3.63) is 84.9 Å². The minimum atomic E-state index is 0. The predicted octanol–water partition coefficient (Wildman–Crippen LogP) is 4.64. The van der Waals surface area contributed by atoms with E-state index in [4.69, 9.17) is 0 Å². The van der Waals surface area contributed by atoms with Crippen molar-refractivity contribution in [2.24, 2.45) is 0 Å². The summed E-state index contributed by atoms with van der Waals surface area (Å²) in [5.74, 6) is 0. The minimum Gasteiger partial charge on any atom is -0.172 e. The number of rotatable bonds is 0. The SMILES string of the molecule is [Mg+2].c1cc2cc[cH-]cc-2c1.c1cc2cc[cH-]cc-2c1. The summed E-state index contributed by atoms with van der Waals surface area (Å²) in [6.45, 7) is 0. The fraction of sp³-hybridized carbons (Fsp3) is 0. The molecule has 0 aromatic carbocycles. The molecule has 0 fully saturated rings. The Hall–Kier alpha value is -1.57. The van der Waals surface area contributed by atoms with Crippen molar-refractivity contribution in [3.63, 3.8) is 0 Å². The molecular weight excluding hydrogens is 241 g/mol. The molecule has 0 N–H and O–H groups in total. The van der Waals surface area contributed by atoms with Gasteiger partial charge in [-0.05, 0) is 0 Å². The zero-order valence-electron chi connectivity index (χ0n) is 10.8. The van der Waals surface area contributed by atoms with E-state index in [9.17, 15) is 0 Å². The van der Waals surface area contributed by atoms with Crippen LogP contribution in [0.2, 0.25) is 0 Å². The van der Waals surface area contributed by atoms with Gasteiger partial charge in [0.05, 0.1) is 0 Å². The molecule has 0 spiro atoms. The molecule has 1 heteroatoms. The van der Waals surface area contributed by atoms with Crippen molar-refractivity contribution in [2.75, 3.05) is 0 Å². The minimum absolute atomic E-state index is 0. The van der Waals surface area contributed by atoms with Gasteiger partial charge >= 0.3 is 23.1 Å². The van der Waals surface area contributed by atoms with E-state index < -0.39 is 0 Å². The van der Waals surface area contributed by atoms with Crippen LogP contribution in [0.1, 0.15) is 0 Å². The number of hydrogen-bond acceptors (Lipinski definition) is 0. The van der Waals surface area contributed by atoms with Crippen molar-refractivity contribution in [1.82, 2.24) is 0 Å². The molecule has 0 aromatic rings. The van der Waals surface area contributed by atoms with Gasteiger partial charge in [-0.1, -0.05) is 24.3 Å². The third-order valence-electron chi connectivity index (χ3n) is 3.10. The fourth-order valence-corrected chi connectivity index (χ4v) is 2.14. The van der Waals surface area contributed by atoms with Gasteiger partial charge in [-0.2, -0.15) is 48.5 Å². The van der Waals surface area contributed by atoms with Gasteiger partial charge in [0.15, 0.2) is 0 Å². The van der Waals surface area contributed by atoms with Crippen molar-refractivity contribution in [2.45, 2.75) is 0 Å². The first-order valence-electron chi connectivity index (χ1n) is 6.14. The van der Waals surface area contributed by atoms with E-state index in [1.54, 1.807) is 0 Å². The molecule has 0 saturated heterocycles. The van der Waals surface area contributed by atoms with Crippen molar-refractivity contribution in [3.8, 4) is 22.3 Å². The Morgan fingerprint density at radius 2 is 0.947 bits per heavy atom. The Labute approximate surface area is 130 Å². The summed E-state index contributed by atoms with van der Waals surface area (Å²) in [7, 11) is 0. The van der Waals surface area contributed by atoms with Crippen LogP contribution in [0, 0.1) is 0 Å². The quantitative estimate of drug-likeness (QED) is 0.317. The van der Waals surface area contributed by atoms with Gasteiger partial charge in [0, 0.05) is 0 Å². The van der Waals surface area contributed by atoms with Gasteiger partial charge in [-0.3, -0.25) is 0 Å². The standard InChI is InChI=1S/2C9H7.Mg/c2*1-2-5-9-7-3-6-8(9)4-1;/h2*1-7H;/q2*-1;+2. The third-order valence-corrected chi connectivity index (χ3v) is 3.10. The van der Waals surface area contributed by atoms with Crippen LogP contribution in [0.15, 0.2) is 84.9 Å². The summed E-state index contributed by atoms with van der Waals surface area (Å²) in [5.41, 5.74) is 5.32. The molecule has 0 aromatic heterocycles. The smallest absolute Gasteiger partial charge is 0.172 e. The Morgan fingerprint density at radius 1 is 0.526 bits per heavy atom. The fourth-order valence-electron chi connectivity index (χ4n) is 2.14. The molecule has 19 heavy (non-hydrogen) atoms. The molecule has 0 nitrogen and oxygen atoms in total. The second-order valence-corrected chi connectivity index (χ2v) is 4.31. The Balaban J connectivity index is 0.000000133. The molecule has 0 radical (unpaired) electrons. The molecule has 4 aliphatic carbocycles. The summed E-state index contributed by atoms with van der Waals surface area (Å²) >= 11 is 0. The monoisotopic (exact) mass is 254 g/mol. The zero-order valence-corrected chi connectivity index (χ0v) is 12.2. The summed E-state index contributed by atoms with van der Waals surface area (Å²) in [6.07, 6.45) is 0. The number of hydrogen-bond donors (Lipinski definition) is 0. The zero-order chi connectivity index (χ0) is 12.2. The molecule has 0 bridgehead atoms. The maximum Gasteiger partial charge on any atom is 2.00 e. The first-order chi connectivity index (χ1) is 8.93. The van der Waals surface area contributed by atoms with Gasteiger partial charge < -0.3 is 0 Å². The molecule has 0 atom stereocenters. The molecule has 4 aliphatic rings. The summed E-state index contributed by atoms with van der Waals surface area (Å²) in [6, 6.07) is 29.3. The van der Waals surface area contributed by atoms with Crippen LogP contribution in [0.4, 0.5) is 0 Å². The van der Waals surface area contributed by atoms with Gasteiger partial charge in [0.2, 0.25) is 0 Å². The molecule has 0 amide bonds. The van der Waals surface area contributed by atoms with Gasteiger partial charge in [0.1, 0.15) is 0 Å². The topological polar surface area (TPSA) is 0 Å². The maximum absolute atomic E-state index is 2.12. The summed E-state index contributed by atoms with van der Waals surface area (Å²) < 4.78 is 0. The third kappa shape index (κ3) is 3.25. The van der Waals surface area contributed by atoms with Gasteiger partial charge in [-0.25, -0.2) is 0 Å². The van der Waals surface area contributed by atoms with Crippen LogP contribution < -0.4 is 0 Å². The van der Waals surface area contributed by atoms with Crippen molar-refractivity contribution >= 4 is 23.1 Å².